The van der Waals surface area contributed by atoms with Crippen molar-refractivity contribution in [2.75, 3.05) is 0 Å². The fourth-order valence-electron chi connectivity index (χ4n) is 1.79. The summed E-state index contributed by atoms with van der Waals surface area (Å²) >= 11 is 3.39. The average Bonchev–Trinajstić information content (AvgIpc) is 2.83. The molecule has 2 aromatic rings. The van der Waals surface area contributed by atoms with Gasteiger partial charge in [-0.1, -0.05) is 28.1 Å². The number of benzene rings is 1. The van der Waals surface area contributed by atoms with Crippen LogP contribution < -0.4 is 5.32 Å². The maximum atomic E-state index is 11.9. The molecular weight excluding hydrogens is 320 g/mol. The number of amides is 1. The topological polar surface area (TPSA) is 59.8 Å². The number of nitrogens with zero attached hydrogens (tertiary/aromatic N) is 3. The molecule has 1 unspecified atom stereocenters. The standard InChI is InChI=1S/C14H15BrN4O/c1-10(14-18-16-9-19(14)2)17-13(20)7-6-11-4-3-5-12(15)8-11/h3-10H,1-2H3,(H,17,20)/b7-6+. The molecule has 0 saturated heterocycles. The van der Waals surface area contributed by atoms with Crippen LogP contribution in [-0.2, 0) is 11.8 Å². The second-order valence-electron chi connectivity index (χ2n) is 4.42. The van der Waals surface area contributed by atoms with Crippen LogP contribution in [0.5, 0.6) is 0 Å². The molecule has 1 heterocycles. The van der Waals surface area contributed by atoms with Gasteiger partial charge in [0, 0.05) is 17.6 Å². The van der Waals surface area contributed by atoms with Crippen LogP contribution in [0.3, 0.4) is 0 Å². The zero-order valence-electron chi connectivity index (χ0n) is 11.2. The van der Waals surface area contributed by atoms with E-state index in [1.165, 1.54) is 6.08 Å². The number of carbonyl (C=O) groups excluding carboxylic acids is 1. The summed E-state index contributed by atoms with van der Waals surface area (Å²) in [5.74, 6) is 0.551. The van der Waals surface area contributed by atoms with E-state index in [1.54, 1.807) is 17.0 Å². The Morgan fingerprint density at radius 3 is 2.95 bits per heavy atom. The molecule has 104 valence electrons. The molecule has 1 aromatic carbocycles. The molecule has 20 heavy (non-hydrogen) atoms. The molecule has 0 fully saturated rings. The van der Waals surface area contributed by atoms with Gasteiger partial charge >= 0.3 is 0 Å². The predicted molar refractivity (Wildman–Crippen MR) is 80.7 cm³/mol. The highest BCUT2D eigenvalue weighted by molar-refractivity contribution is 9.10. The number of hydrogen-bond donors (Lipinski definition) is 1. The van der Waals surface area contributed by atoms with E-state index in [2.05, 4.69) is 31.4 Å². The summed E-state index contributed by atoms with van der Waals surface area (Å²) in [4.78, 5) is 11.9. The van der Waals surface area contributed by atoms with Crippen molar-refractivity contribution < 1.29 is 4.79 Å². The quantitative estimate of drug-likeness (QED) is 0.874. The average molecular weight is 335 g/mol. The Balaban J connectivity index is 1.97. The Hall–Kier alpha value is -1.95. The van der Waals surface area contributed by atoms with E-state index >= 15 is 0 Å². The minimum atomic E-state index is -0.192. The highest BCUT2D eigenvalue weighted by Crippen LogP contribution is 2.13. The van der Waals surface area contributed by atoms with Gasteiger partial charge in [-0.2, -0.15) is 0 Å². The highest BCUT2D eigenvalue weighted by Gasteiger charge is 2.12. The number of carbonyl (C=O) groups is 1. The molecule has 5 nitrogen and oxygen atoms in total. The minimum absolute atomic E-state index is 0.166. The third kappa shape index (κ3) is 3.77. The predicted octanol–water partition coefficient (Wildman–Crippen LogP) is 2.47. The summed E-state index contributed by atoms with van der Waals surface area (Å²) in [6.07, 6.45) is 4.88. The smallest absolute Gasteiger partial charge is 0.244 e. The lowest BCUT2D eigenvalue weighted by Gasteiger charge is -2.11. The van der Waals surface area contributed by atoms with Crippen LogP contribution in [0.25, 0.3) is 6.08 Å². The second-order valence-corrected chi connectivity index (χ2v) is 5.33. The molecule has 1 N–H and O–H groups in total. The maximum absolute atomic E-state index is 11.9. The van der Waals surface area contributed by atoms with Crippen LogP contribution in [0.15, 0.2) is 41.1 Å². The van der Waals surface area contributed by atoms with Crippen molar-refractivity contribution in [3.05, 3.63) is 52.5 Å². The van der Waals surface area contributed by atoms with E-state index in [0.29, 0.717) is 5.82 Å². The van der Waals surface area contributed by atoms with Crippen LogP contribution >= 0.6 is 15.9 Å². The van der Waals surface area contributed by atoms with Crippen molar-refractivity contribution >= 4 is 27.9 Å². The van der Waals surface area contributed by atoms with Crippen LogP contribution in [-0.4, -0.2) is 20.7 Å². The lowest BCUT2D eigenvalue weighted by molar-refractivity contribution is -0.117. The molecule has 0 aliphatic heterocycles. The van der Waals surface area contributed by atoms with Gasteiger partial charge < -0.3 is 9.88 Å². The number of halogens is 1. The van der Waals surface area contributed by atoms with Gasteiger partial charge in [-0.15, -0.1) is 10.2 Å². The minimum Gasteiger partial charge on any atom is -0.343 e. The zero-order valence-corrected chi connectivity index (χ0v) is 12.8. The molecule has 0 spiro atoms. The Morgan fingerprint density at radius 1 is 1.50 bits per heavy atom. The van der Waals surface area contributed by atoms with E-state index < -0.39 is 0 Å². The monoisotopic (exact) mass is 334 g/mol. The molecule has 0 aliphatic rings. The van der Waals surface area contributed by atoms with Crippen molar-refractivity contribution in [2.45, 2.75) is 13.0 Å². The summed E-state index contributed by atoms with van der Waals surface area (Å²) in [7, 11) is 1.84. The van der Waals surface area contributed by atoms with Gasteiger partial charge in [-0.25, -0.2) is 0 Å². The Morgan fingerprint density at radius 2 is 2.30 bits per heavy atom. The van der Waals surface area contributed by atoms with Gasteiger partial charge in [-0.3, -0.25) is 4.79 Å². The molecule has 1 aromatic heterocycles. The van der Waals surface area contributed by atoms with E-state index in [-0.39, 0.29) is 11.9 Å². The molecule has 6 heteroatoms. The molecule has 0 bridgehead atoms. The van der Waals surface area contributed by atoms with Crippen molar-refractivity contribution in [3.8, 4) is 0 Å². The van der Waals surface area contributed by atoms with Gasteiger partial charge in [-0.05, 0) is 30.7 Å². The van der Waals surface area contributed by atoms with Crippen LogP contribution in [0.2, 0.25) is 0 Å². The number of nitrogens with one attached hydrogen (secondary N) is 1. The van der Waals surface area contributed by atoms with Crippen molar-refractivity contribution in [3.63, 3.8) is 0 Å². The maximum Gasteiger partial charge on any atom is 0.244 e. The summed E-state index contributed by atoms with van der Waals surface area (Å²) in [5, 5.41) is 10.6. The Labute approximate surface area is 125 Å². The van der Waals surface area contributed by atoms with Crippen molar-refractivity contribution in [2.24, 2.45) is 7.05 Å². The second kappa shape index (κ2) is 6.47. The normalized spacial score (nSPS) is 12.6. The molecule has 1 amide bonds. The number of hydrogen-bond acceptors (Lipinski definition) is 3. The fraction of sp³-hybridized carbons (Fsp3) is 0.214. The third-order valence-electron chi connectivity index (χ3n) is 2.77. The zero-order chi connectivity index (χ0) is 14.5. The first-order chi connectivity index (χ1) is 9.56. The van der Waals surface area contributed by atoms with Gasteiger partial charge in [0.2, 0.25) is 5.91 Å². The van der Waals surface area contributed by atoms with Crippen LogP contribution in [0.1, 0.15) is 24.4 Å². The van der Waals surface area contributed by atoms with E-state index in [1.807, 2.05) is 38.2 Å². The molecule has 1 atom stereocenters. The lowest BCUT2D eigenvalue weighted by Crippen LogP contribution is -2.26. The summed E-state index contributed by atoms with van der Waals surface area (Å²) in [6.45, 7) is 1.87. The van der Waals surface area contributed by atoms with E-state index in [0.717, 1.165) is 10.0 Å². The van der Waals surface area contributed by atoms with Gasteiger partial charge in [0.25, 0.3) is 0 Å². The highest BCUT2D eigenvalue weighted by atomic mass is 79.9. The first kappa shape index (κ1) is 14.5. The molecular formula is C14H15BrN4O. The summed E-state index contributed by atoms with van der Waals surface area (Å²) < 4.78 is 2.76. The number of aromatic nitrogens is 3. The lowest BCUT2D eigenvalue weighted by atomic mass is 10.2. The SMILES string of the molecule is CC(NC(=O)/C=C/c1cccc(Br)c1)c1nncn1C. The first-order valence-electron chi connectivity index (χ1n) is 6.14. The van der Waals surface area contributed by atoms with Crippen LogP contribution in [0, 0.1) is 0 Å². The number of rotatable bonds is 4. The van der Waals surface area contributed by atoms with E-state index in [9.17, 15) is 4.79 Å². The Kier molecular flexibility index (Phi) is 4.68. The third-order valence-corrected chi connectivity index (χ3v) is 3.26. The van der Waals surface area contributed by atoms with Crippen molar-refractivity contribution in [1.29, 1.82) is 0 Å². The summed E-state index contributed by atoms with van der Waals surface area (Å²) in [5.41, 5.74) is 0.959. The van der Waals surface area contributed by atoms with Crippen molar-refractivity contribution in [1.82, 2.24) is 20.1 Å². The molecule has 0 radical (unpaired) electrons. The van der Waals surface area contributed by atoms with E-state index in [4.69, 9.17) is 0 Å². The largest absolute Gasteiger partial charge is 0.343 e. The van der Waals surface area contributed by atoms with Gasteiger partial charge in [0.05, 0.1) is 6.04 Å². The van der Waals surface area contributed by atoms with Gasteiger partial charge in [0.15, 0.2) is 5.82 Å². The molecule has 0 saturated carbocycles. The summed E-state index contributed by atoms with van der Waals surface area (Å²) in [6, 6.07) is 7.54. The molecule has 2 rings (SSSR count). The Bertz CT molecular complexity index is 636. The van der Waals surface area contributed by atoms with Crippen LogP contribution in [0.4, 0.5) is 0 Å². The first-order valence-corrected chi connectivity index (χ1v) is 6.93. The van der Waals surface area contributed by atoms with Gasteiger partial charge in [0.1, 0.15) is 6.33 Å². The number of aryl methyl sites for hydroxylation is 1. The fourth-order valence-corrected chi connectivity index (χ4v) is 2.21. The molecule has 0 aliphatic carbocycles.